The van der Waals surface area contributed by atoms with Gasteiger partial charge in [-0.05, 0) is 92.6 Å². The Kier molecular flexibility index (Phi) is 7.17. The lowest BCUT2D eigenvalue weighted by Gasteiger charge is -2.58. The second-order valence-corrected chi connectivity index (χ2v) is 13.0. The average molecular weight is 539 g/mol. The van der Waals surface area contributed by atoms with E-state index in [0.29, 0.717) is 23.8 Å². The number of carbonyl (C=O) groups is 4. The number of hydrogen-bond acceptors (Lipinski definition) is 7. The van der Waals surface area contributed by atoms with Crippen molar-refractivity contribution in [3.8, 4) is 0 Å². The molecule has 39 heavy (non-hydrogen) atoms. The predicted molar refractivity (Wildman–Crippen MR) is 144 cm³/mol. The molecule has 1 aliphatic heterocycles. The standard InChI is InChI=1S/C32H42O7/c1-17-14-27(39-30(36)22(17)16-37-19(3)33)18(2)23-10-11-24-21-15-28(38-20(4)34)26-8-7-9-29(35)32(26,6)25(21)12-13-31(23,24)5/h7-9,18,21,23-25,27-28H,10-16H2,1-6H3/t18-,21-,23+,24-,25-,27+,28+,31+,32+/m0/s1. The molecule has 4 aliphatic carbocycles. The lowest BCUT2D eigenvalue weighted by atomic mass is 9.46. The summed E-state index contributed by atoms with van der Waals surface area (Å²) in [6.07, 6.45) is 10.4. The van der Waals surface area contributed by atoms with Crippen LogP contribution in [-0.2, 0) is 33.4 Å². The first-order valence-corrected chi connectivity index (χ1v) is 14.5. The Morgan fingerprint density at radius 2 is 1.85 bits per heavy atom. The Morgan fingerprint density at radius 3 is 2.51 bits per heavy atom. The lowest BCUT2D eigenvalue weighted by Crippen LogP contribution is -2.56. The summed E-state index contributed by atoms with van der Waals surface area (Å²) in [5, 5.41) is 0. The van der Waals surface area contributed by atoms with Gasteiger partial charge in [-0.3, -0.25) is 14.4 Å². The van der Waals surface area contributed by atoms with E-state index in [4.69, 9.17) is 14.2 Å². The molecule has 0 aromatic carbocycles. The van der Waals surface area contributed by atoms with Crippen molar-refractivity contribution in [2.75, 3.05) is 6.61 Å². The molecular formula is C32H42O7. The number of ether oxygens (including phenoxy) is 3. The van der Waals surface area contributed by atoms with Crippen LogP contribution in [0.1, 0.15) is 80.1 Å². The number of allylic oxidation sites excluding steroid dienone is 3. The molecule has 0 spiro atoms. The van der Waals surface area contributed by atoms with E-state index >= 15 is 0 Å². The van der Waals surface area contributed by atoms with E-state index in [0.717, 1.165) is 43.3 Å². The van der Waals surface area contributed by atoms with E-state index in [1.807, 2.05) is 13.0 Å². The Labute approximate surface area is 231 Å². The highest BCUT2D eigenvalue weighted by Crippen LogP contribution is 2.67. The fourth-order valence-electron chi connectivity index (χ4n) is 9.25. The van der Waals surface area contributed by atoms with Crippen molar-refractivity contribution in [1.29, 1.82) is 0 Å². The third kappa shape index (κ3) is 4.50. The molecule has 7 nitrogen and oxygen atoms in total. The zero-order valence-electron chi connectivity index (χ0n) is 24.1. The van der Waals surface area contributed by atoms with E-state index in [1.54, 1.807) is 12.2 Å². The van der Waals surface area contributed by atoms with Crippen LogP contribution in [-0.4, -0.2) is 42.5 Å². The molecule has 0 radical (unpaired) electrons. The summed E-state index contributed by atoms with van der Waals surface area (Å²) in [5.41, 5.74) is 1.75. The first-order valence-electron chi connectivity index (χ1n) is 14.5. The summed E-state index contributed by atoms with van der Waals surface area (Å²) < 4.78 is 16.9. The predicted octanol–water partition coefficient (Wildman–Crippen LogP) is 5.28. The quantitative estimate of drug-likeness (QED) is 0.347. The van der Waals surface area contributed by atoms with Crippen LogP contribution in [0.3, 0.4) is 0 Å². The molecule has 0 aromatic heterocycles. The van der Waals surface area contributed by atoms with Crippen molar-refractivity contribution < 1.29 is 33.4 Å². The molecule has 0 aromatic rings. The summed E-state index contributed by atoms with van der Waals surface area (Å²) in [7, 11) is 0. The van der Waals surface area contributed by atoms with Gasteiger partial charge in [0.05, 0.1) is 11.0 Å². The number of cyclic esters (lactones) is 1. The van der Waals surface area contributed by atoms with Gasteiger partial charge in [-0.1, -0.05) is 31.6 Å². The van der Waals surface area contributed by atoms with Gasteiger partial charge < -0.3 is 14.2 Å². The van der Waals surface area contributed by atoms with Gasteiger partial charge in [0.25, 0.3) is 0 Å². The maximum atomic E-state index is 13.4. The molecule has 0 N–H and O–H groups in total. The van der Waals surface area contributed by atoms with Crippen molar-refractivity contribution in [2.45, 2.75) is 92.3 Å². The van der Waals surface area contributed by atoms with Gasteiger partial charge in [0.2, 0.25) is 0 Å². The molecule has 3 saturated carbocycles. The van der Waals surface area contributed by atoms with Crippen LogP contribution >= 0.6 is 0 Å². The second-order valence-electron chi connectivity index (χ2n) is 13.0. The van der Waals surface area contributed by atoms with Crippen LogP contribution in [0.4, 0.5) is 0 Å². The van der Waals surface area contributed by atoms with Gasteiger partial charge in [-0.15, -0.1) is 0 Å². The summed E-state index contributed by atoms with van der Waals surface area (Å²) in [4.78, 5) is 49.6. The van der Waals surface area contributed by atoms with Crippen LogP contribution < -0.4 is 0 Å². The highest BCUT2D eigenvalue weighted by Gasteiger charge is 2.63. The Hall–Kier alpha value is -2.70. The SMILES string of the molecule is CC(=O)OCC1=C(C)C[C@H]([C@@H](C)[C@H]2CC[C@H]3[C@@H]4C[C@@H](OC(C)=O)C5=CC=CC(=O)[C@]5(C)[C@H]4CC[C@]23C)OC1=O. The molecule has 1 heterocycles. The molecule has 0 saturated heterocycles. The zero-order chi connectivity index (χ0) is 28.3. The summed E-state index contributed by atoms with van der Waals surface area (Å²) in [5.74, 6) is 0.486. The molecular weight excluding hydrogens is 496 g/mol. The van der Waals surface area contributed by atoms with Crippen molar-refractivity contribution in [3.63, 3.8) is 0 Å². The highest BCUT2D eigenvalue weighted by molar-refractivity contribution is 5.99. The monoisotopic (exact) mass is 538 g/mol. The number of esters is 3. The molecule has 0 unspecified atom stereocenters. The molecule has 212 valence electrons. The van der Waals surface area contributed by atoms with Crippen LogP contribution in [0.25, 0.3) is 0 Å². The number of carbonyl (C=O) groups excluding carboxylic acids is 4. The largest absolute Gasteiger partial charge is 0.461 e. The smallest absolute Gasteiger partial charge is 0.337 e. The number of fused-ring (bicyclic) bond motifs is 5. The van der Waals surface area contributed by atoms with E-state index < -0.39 is 11.4 Å². The summed E-state index contributed by atoms with van der Waals surface area (Å²) in [6, 6.07) is 0. The number of hydrogen-bond donors (Lipinski definition) is 0. The fourth-order valence-corrected chi connectivity index (χ4v) is 9.25. The Morgan fingerprint density at radius 1 is 1.10 bits per heavy atom. The van der Waals surface area contributed by atoms with E-state index in [9.17, 15) is 19.2 Å². The fraction of sp³-hybridized carbons (Fsp3) is 0.688. The van der Waals surface area contributed by atoms with Gasteiger partial charge in [-0.2, -0.15) is 0 Å². The first kappa shape index (κ1) is 27.9. The molecule has 9 atom stereocenters. The molecule has 7 heteroatoms. The Balaban J connectivity index is 1.38. The van der Waals surface area contributed by atoms with Crippen LogP contribution in [0, 0.1) is 40.4 Å². The maximum absolute atomic E-state index is 13.4. The van der Waals surface area contributed by atoms with Crippen LogP contribution in [0.15, 0.2) is 34.9 Å². The van der Waals surface area contributed by atoms with E-state index in [1.165, 1.54) is 13.8 Å². The number of rotatable bonds is 5. The molecule has 0 amide bonds. The number of ketones is 1. The minimum absolute atomic E-state index is 0.0417. The van der Waals surface area contributed by atoms with Crippen LogP contribution in [0.2, 0.25) is 0 Å². The van der Waals surface area contributed by atoms with Crippen molar-refractivity contribution in [1.82, 2.24) is 0 Å². The maximum Gasteiger partial charge on any atom is 0.337 e. The van der Waals surface area contributed by atoms with Crippen LogP contribution in [0.5, 0.6) is 0 Å². The summed E-state index contributed by atoms with van der Waals surface area (Å²) >= 11 is 0. The van der Waals surface area contributed by atoms with E-state index in [2.05, 4.69) is 20.8 Å². The van der Waals surface area contributed by atoms with Gasteiger partial charge in [0.1, 0.15) is 18.8 Å². The molecule has 5 rings (SSSR count). The van der Waals surface area contributed by atoms with E-state index in [-0.39, 0.29) is 59.7 Å². The van der Waals surface area contributed by atoms with Gasteiger partial charge >= 0.3 is 17.9 Å². The third-order valence-corrected chi connectivity index (χ3v) is 11.2. The second kappa shape index (κ2) is 10.0. The van der Waals surface area contributed by atoms with Crippen molar-refractivity contribution in [3.05, 3.63) is 34.9 Å². The topological polar surface area (TPSA) is 96.0 Å². The van der Waals surface area contributed by atoms with Crippen molar-refractivity contribution >= 4 is 23.7 Å². The first-order chi connectivity index (χ1) is 18.4. The van der Waals surface area contributed by atoms with Gasteiger partial charge in [0.15, 0.2) is 5.78 Å². The van der Waals surface area contributed by atoms with Crippen molar-refractivity contribution in [2.24, 2.45) is 40.4 Å². The highest BCUT2D eigenvalue weighted by atomic mass is 16.6. The van der Waals surface area contributed by atoms with Gasteiger partial charge in [0, 0.05) is 20.3 Å². The van der Waals surface area contributed by atoms with Gasteiger partial charge in [-0.25, -0.2) is 4.79 Å². The average Bonchev–Trinajstić information content (AvgIpc) is 3.21. The third-order valence-electron chi connectivity index (χ3n) is 11.2. The molecule has 3 fully saturated rings. The Bertz CT molecular complexity index is 1180. The minimum atomic E-state index is -0.637. The molecule has 0 bridgehead atoms. The lowest BCUT2D eigenvalue weighted by molar-refractivity contribution is -0.158. The summed E-state index contributed by atoms with van der Waals surface area (Å²) in [6.45, 7) is 11.4. The minimum Gasteiger partial charge on any atom is -0.461 e. The normalized spacial score (nSPS) is 40.1. The zero-order valence-corrected chi connectivity index (χ0v) is 24.1. The molecule has 5 aliphatic rings.